The molecule has 1 atom stereocenters. The van der Waals surface area contributed by atoms with Crippen molar-refractivity contribution in [1.29, 1.82) is 0 Å². The number of fused-ring (bicyclic) bond motifs is 1. The van der Waals surface area contributed by atoms with Gasteiger partial charge in [0.25, 0.3) is 0 Å². The number of hydrogen-bond acceptors (Lipinski definition) is 0. The van der Waals surface area contributed by atoms with Crippen LogP contribution >= 0.6 is 7.26 Å². The fraction of sp³-hybridized carbons (Fsp3) is 0.429. The zero-order valence-electron chi connectivity index (χ0n) is 9.74. The third-order valence-electron chi connectivity index (χ3n) is 3.30. The van der Waals surface area contributed by atoms with Crippen molar-refractivity contribution in [2.45, 2.75) is 26.2 Å². The van der Waals surface area contributed by atoms with Gasteiger partial charge in [0.05, 0.1) is 25.9 Å². The van der Waals surface area contributed by atoms with E-state index in [1.807, 2.05) is 0 Å². The fourth-order valence-electron chi connectivity index (χ4n) is 2.30. The summed E-state index contributed by atoms with van der Waals surface area (Å²) in [5.41, 5.74) is 1.46. The maximum atomic E-state index is 2.49. The van der Waals surface area contributed by atoms with E-state index in [4.69, 9.17) is 0 Å². The smallest absolute Gasteiger partial charge is 0.0654 e. The summed E-state index contributed by atoms with van der Waals surface area (Å²) in [4.78, 5) is 0. The second kappa shape index (κ2) is 4.49. The lowest BCUT2D eigenvalue weighted by molar-refractivity contribution is 0.775. The zero-order valence-corrected chi connectivity index (χ0v) is 10.6. The highest BCUT2D eigenvalue weighted by molar-refractivity contribution is 7.85. The van der Waals surface area contributed by atoms with Crippen LogP contribution < -0.4 is 5.30 Å². The number of benzene rings is 1. The Labute approximate surface area is 93.7 Å². The van der Waals surface area contributed by atoms with Crippen LogP contribution in [-0.2, 0) is 0 Å². The molecule has 0 nitrogen and oxygen atoms in total. The summed E-state index contributed by atoms with van der Waals surface area (Å²) in [6, 6.07) is 8.90. The molecule has 0 aliphatic carbocycles. The van der Waals surface area contributed by atoms with E-state index in [-0.39, 0.29) is 0 Å². The van der Waals surface area contributed by atoms with Crippen LogP contribution in [0.1, 0.15) is 31.7 Å². The number of unbranched alkanes of at least 4 members (excludes halogenated alkanes) is 2. The van der Waals surface area contributed by atoms with Gasteiger partial charge in [0.15, 0.2) is 0 Å². The van der Waals surface area contributed by atoms with Gasteiger partial charge in [-0.3, -0.25) is 0 Å². The number of rotatable bonds is 4. The van der Waals surface area contributed by atoms with E-state index in [9.17, 15) is 0 Å². The van der Waals surface area contributed by atoms with Crippen molar-refractivity contribution in [2.24, 2.45) is 0 Å². The molecule has 0 spiro atoms. The molecule has 2 rings (SSSR count). The molecule has 1 aromatic carbocycles. The molecule has 1 heterocycles. The molecular weight excluding hydrogens is 199 g/mol. The van der Waals surface area contributed by atoms with Crippen molar-refractivity contribution >= 4 is 18.6 Å². The summed E-state index contributed by atoms with van der Waals surface area (Å²) >= 11 is 0. The minimum Gasteiger partial charge on any atom is -0.0654 e. The van der Waals surface area contributed by atoms with Gasteiger partial charge in [0.2, 0.25) is 0 Å². The van der Waals surface area contributed by atoms with Gasteiger partial charge in [0.1, 0.15) is 5.30 Å². The normalized spacial score (nSPS) is 23.1. The summed E-state index contributed by atoms with van der Waals surface area (Å²) in [6.45, 7) is 4.75. The maximum absolute atomic E-state index is 2.49. The molecule has 1 aliphatic rings. The lowest BCUT2D eigenvalue weighted by atomic mass is 10.2. The van der Waals surface area contributed by atoms with Gasteiger partial charge in [-0.2, -0.15) is 0 Å². The van der Waals surface area contributed by atoms with Crippen LogP contribution in [0, 0.1) is 0 Å². The highest BCUT2D eigenvalue weighted by Gasteiger charge is 2.36. The molecular formula is C14H20P+. The third kappa shape index (κ3) is 2.16. The Hall–Kier alpha value is -0.610. The van der Waals surface area contributed by atoms with E-state index in [2.05, 4.69) is 49.7 Å². The molecule has 80 valence electrons. The van der Waals surface area contributed by atoms with E-state index in [0.717, 1.165) is 0 Å². The quantitative estimate of drug-likeness (QED) is 0.527. The molecule has 0 radical (unpaired) electrons. The molecule has 1 aromatic rings. The second-order valence-electron chi connectivity index (χ2n) is 4.57. The Balaban J connectivity index is 2.14. The SMILES string of the molecule is CCCCC[P+]1(C)C=Cc2ccccc21. The first-order valence-electron chi connectivity index (χ1n) is 5.90. The van der Waals surface area contributed by atoms with E-state index in [1.165, 1.54) is 31.0 Å². The van der Waals surface area contributed by atoms with Crippen molar-refractivity contribution in [1.82, 2.24) is 0 Å². The monoisotopic (exact) mass is 219 g/mol. The molecule has 0 saturated heterocycles. The van der Waals surface area contributed by atoms with Crippen molar-refractivity contribution in [3.63, 3.8) is 0 Å². The maximum Gasteiger partial charge on any atom is 0.105 e. The molecule has 1 unspecified atom stereocenters. The molecule has 15 heavy (non-hydrogen) atoms. The predicted octanol–water partition coefficient (Wildman–Crippen LogP) is 4.13. The summed E-state index contributed by atoms with van der Waals surface area (Å²) in [6.07, 6.45) is 7.82. The summed E-state index contributed by atoms with van der Waals surface area (Å²) in [7, 11) is -0.920. The summed E-state index contributed by atoms with van der Waals surface area (Å²) < 4.78 is 0. The van der Waals surface area contributed by atoms with Crippen molar-refractivity contribution in [3.8, 4) is 0 Å². The van der Waals surface area contributed by atoms with Crippen LogP contribution in [0.5, 0.6) is 0 Å². The van der Waals surface area contributed by atoms with Crippen LogP contribution in [0.15, 0.2) is 30.1 Å². The average molecular weight is 219 g/mol. The lowest BCUT2D eigenvalue weighted by Gasteiger charge is -2.16. The summed E-state index contributed by atoms with van der Waals surface area (Å²) in [5, 5.41) is 1.63. The highest BCUT2D eigenvalue weighted by Crippen LogP contribution is 2.60. The van der Waals surface area contributed by atoms with Crippen LogP contribution in [0.2, 0.25) is 0 Å². The van der Waals surface area contributed by atoms with Gasteiger partial charge in [-0.25, -0.2) is 0 Å². The average Bonchev–Trinajstić information content (AvgIpc) is 2.59. The van der Waals surface area contributed by atoms with Gasteiger partial charge in [-0.1, -0.05) is 38.0 Å². The molecule has 1 aliphatic heterocycles. The van der Waals surface area contributed by atoms with Crippen LogP contribution in [-0.4, -0.2) is 12.8 Å². The van der Waals surface area contributed by atoms with Gasteiger partial charge >= 0.3 is 0 Å². The molecule has 0 amide bonds. The first-order chi connectivity index (χ1) is 7.26. The van der Waals surface area contributed by atoms with Crippen molar-refractivity contribution in [2.75, 3.05) is 12.8 Å². The fourth-order valence-corrected chi connectivity index (χ4v) is 5.39. The van der Waals surface area contributed by atoms with Crippen molar-refractivity contribution < 1.29 is 0 Å². The Morgan fingerprint density at radius 2 is 1.93 bits per heavy atom. The van der Waals surface area contributed by atoms with E-state index in [0.29, 0.717) is 0 Å². The van der Waals surface area contributed by atoms with Gasteiger partial charge in [0, 0.05) is 5.56 Å². The first-order valence-corrected chi connectivity index (χ1v) is 8.39. The van der Waals surface area contributed by atoms with E-state index < -0.39 is 7.26 Å². The van der Waals surface area contributed by atoms with Gasteiger partial charge < -0.3 is 0 Å². The molecule has 0 N–H and O–H groups in total. The molecule has 0 saturated carbocycles. The van der Waals surface area contributed by atoms with Crippen LogP contribution in [0.25, 0.3) is 6.08 Å². The minimum absolute atomic E-state index is 0.920. The van der Waals surface area contributed by atoms with Crippen LogP contribution in [0.3, 0.4) is 0 Å². The Morgan fingerprint density at radius 1 is 1.13 bits per heavy atom. The van der Waals surface area contributed by atoms with Gasteiger partial charge in [-0.05, 0) is 18.6 Å². The third-order valence-corrected chi connectivity index (χ3v) is 6.86. The molecule has 0 aromatic heterocycles. The zero-order chi connectivity index (χ0) is 10.7. The molecule has 0 fully saturated rings. The van der Waals surface area contributed by atoms with Crippen LogP contribution in [0.4, 0.5) is 0 Å². The van der Waals surface area contributed by atoms with E-state index >= 15 is 0 Å². The predicted molar refractivity (Wildman–Crippen MR) is 72.3 cm³/mol. The Kier molecular flexibility index (Phi) is 3.26. The molecule has 0 bridgehead atoms. The Morgan fingerprint density at radius 3 is 2.73 bits per heavy atom. The Bertz CT molecular complexity index is 367. The lowest BCUT2D eigenvalue weighted by Crippen LogP contribution is -2.10. The summed E-state index contributed by atoms with van der Waals surface area (Å²) in [5.74, 6) is 2.49. The first kappa shape index (κ1) is 10.9. The highest BCUT2D eigenvalue weighted by atomic mass is 31.2. The van der Waals surface area contributed by atoms with Gasteiger partial charge in [-0.15, -0.1) is 0 Å². The van der Waals surface area contributed by atoms with Crippen molar-refractivity contribution in [3.05, 3.63) is 35.6 Å². The standard InChI is InChI=1S/C14H20P/c1-3-4-7-11-15(2)12-10-13-8-5-6-9-14(13)15/h5-6,8-10,12H,3-4,7,11H2,1-2H3/q+1. The van der Waals surface area contributed by atoms with E-state index in [1.54, 1.807) is 5.30 Å². The largest absolute Gasteiger partial charge is 0.105 e. The molecule has 1 heteroatoms. The minimum atomic E-state index is -0.920. The topological polar surface area (TPSA) is 0 Å². The number of hydrogen-bond donors (Lipinski definition) is 0. The second-order valence-corrected chi connectivity index (χ2v) is 8.34.